The second-order valence-corrected chi connectivity index (χ2v) is 6.44. The zero-order chi connectivity index (χ0) is 14.8. The second kappa shape index (κ2) is 6.55. The van der Waals surface area contributed by atoms with Gasteiger partial charge < -0.3 is 19.5 Å². The maximum absolute atomic E-state index is 5.76. The Kier molecular flexibility index (Phi) is 4.72. The van der Waals surface area contributed by atoms with Gasteiger partial charge in [0.15, 0.2) is 11.5 Å². The number of rotatable bonds is 4. The van der Waals surface area contributed by atoms with E-state index < -0.39 is 0 Å². The Morgan fingerprint density at radius 1 is 1.24 bits per heavy atom. The first-order chi connectivity index (χ1) is 10.2. The number of hydrogen-bond acceptors (Lipinski definition) is 4. The first-order valence-corrected chi connectivity index (χ1v) is 8.44. The van der Waals surface area contributed by atoms with Gasteiger partial charge in [-0.3, -0.25) is 0 Å². The fraction of sp³-hybridized carbons (Fsp3) is 0.625. The van der Waals surface area contributed by atoms with E-state index in [1.165, 1.54) is 5.56 Å². The van der Waals surface area contributed by atoms with E-state index in [1.54, 1.807) is 0 Å². The third-order valence-corrected chi connectivity index (χ3v) is 4.97. The molecule has 5 heteroatoms. The molecule has 1 aromatic carbocycles. The molecule has 21 heavy (non-hydrogen) atoms. The van der Waals surface area contributed by atoms with Gasteiger partial charge in [-0.15, -0.1) is 0 Å². The summed E-state index contributed by atoms with van der Waals surface area (Å²) >= 11 is 3.70. The molecule has 2 aliphatic heterocycles. The van der Waals surface area contributed by atoms with Crippen molar-refractivity contribution in [3.63, 3.8) is 0 Å². The minimum absolute atomic E-state index is 0.262. The van der Waals surface area contributed by atoms with Crippen molar-refractivity contribution in [2.45, 2.75) is 32.4 Å². The molecule has 0 amide bonds. The lowest BCUT2D eigenvalue weighted by atomic mass is 9.88. The lowest BCUT2D eigenvalue weighted by Crippen LogP contribution is -2.32. The van der Waals surface area contributed by atoms with E-state index in [1.807, 2.05) is 6.07 Å². The maximum Gasteiger partial charge on any atom is 0.162 e. The molecular formula is C16H22BrNO3. The average molecular weight is 356 g/mol. The molecule has 0 aliphatic carbocycles. The van der Waals surface area contributed by atoms with Crippen molar-refractivity contribution in [3.05, 3.63) is 22.2 Å². The van der Waals surface area contributed by atoms with Crippen LogP contribution in [0.1, 0.15) is 31.9 Å². The van der Waals surface area contributed by atoms with Crippen molar-refractivity contribution in [3.8, 4) is 11.5 Å². The molecule has 2 aliphatic rings. The largest absolute Gasteiger partial charge is 0.486 e. The van der Waals surface area contributed by atoms with Crippen LogP contribution in [0.5, 0.6) is 11.5 Å². The molecule has 116 valence electrons. The molecule has 1 fully saturated rings. The van der Waals surface area contributed by atoms with Gasteiger partial charge in [0, 0.05) is 23.0 Å². The van der Waals surface area contributed by atoms with Crippen LogP contribution in [-0.4, -0.2) is 32.5 Å². The van der Waals surface area contributed by atoms with Crippen molar-refractivity contribution in [1.29, 1.82) is 0 Å². The smallest absolute Gasteiger partial charge is 0.162 e. The molecule has 1 saturated heterocycles. The monoisotopic (exact) mass is 355 g/mol. The van der Waals surface area contributed by atoms with Gasteiger partial charge >= 0.3 is 0 Å². The zero-order valence-corrected chi connectivity index (χ0v) is 14.1. The SMILES string of the molecule is CCNC(c1cc2c(cc1Br)OCCO2)C1CCOC1C. The number of halogens is 1. The van der Waals surface area contributed by atoms with E-state index in [-0.39, 0.29) is 12.1 Å². The fourth-order valence-electron chi connectivity index (χ4n) is 3.22. The van der Waals surface area contributed by atoms with Crippen molar-refractivity contribution in [1.82, 2.24) is 5.32 Å². The molecule has 0 saturated carbocycles. The lowest BCUT2D eigenvalue weighted by Gasteiger charge is -2.29. The molecule has 0 bridgehead atoms. The van der Waals surface area contributed by atoms with Gasteiger partial charge in [-0.2, -0.15) is 0 Å². The molecule has 3 atom stereocenters. The third-order valence-electron chi connectivity index (χ3n) is 4.28. The quantitative estimate of drug-likeness (QED) is 0.899. The molecule has 3 unspecified atom stereocenters. The van der Waals surface area contributed by atoms with Gasteiger partial charge in [0.2, 0.25) is 0 Å². The molecule has 0 radical (unpaired) electrons. The summed E-state index contributed by atoms with van der Waals surface area (Å²) in [5.41, 5.74) is 1.23. The number of benzene rings is 1. The maximum atomic E-state index is 5.76. The summed E-state index contributed by atoms with van der Waals surface area (Å²) in [5, 5.41) is 3.61. The predicted molar refractivity (Wildman–Crippen MR) is 85.1 cm³/mol. The fourth-order valence-corrected chi connectivity index (χ4v) is 3.78. The highest BCUT2D eigenvalue weighted by Crippen LogP contribution is 2.42. The van der Waals surface area contributed by atoms with Crippen LogP contribution in [0.4, 0.5) is 0 Å². The van der Waals surface area contributed by atoms with Gasteiger partial charge in [-0.05, 0) is 37.6 Å². The highest BCUT2D eigenvalue weighted by Gasteiger charge is 2.34. The van der Waals surface area contributed by atoms with Crippen LogP contribution >= 0.6 is 15.9 Å². The van der Waals surface area contributed by atoms with Crippen molar-refractivity contribution in [2.24, 2.45) is 5.92 Å². The summed E-state index contributed by atoms with van der Waals surface area (Å²) in [6.45, 7) is 7.30. The predicted octanol–water partition coefficient (Wildman–Crippen LogP) is 3.30. The van der Waals surface area contributed by atoms with Crippen molar-refractivity contribution >= 4 is 15.9 Å². The van der Waals surface area contributed by atoms with Crippen LogP contribution < -0.4 is 14.8 Å². The Balaban J connectivity index is 1.94. The average Bonchev–Trinajstić information content (AvgIpc) is 2.90. The van der Waals surface area contributed by atoms with Crippen molar-refractivity contribution < 1.29 is 14.2 Å². The van der Waals surface area contributed by atoms with E-state index in [0.717, 1.165) is 35.5 Å². The third kappa shape index (κ3) is 3.05. The minimum Gasteiger partial charge on any atom is -0.486 e. The van der Waals surface area contributed by atoms with E-state index in [4.69, 9.17) is 14.2 Å². The van der Waals surface area contributed by atoms with Gasteiger partial charge in [-0.25, -0.2) is 0 Å². The summed E-state index contributed by atoms with van der Waals surface area (Å²) in [6, 6.07) is 4.39. The molecule has 1 aromatic rings. The summed E-state index contributed by atoms with van der Waals surface area (Å²) in [5.74, 6) is 2.14. The molecular weight excluding hydrogens is 334 g/mol. The highest BCUT2D eigenvalue weighted by atomic mass is 79.9. The van der Waals surface area contributed by atoms with Gasteiger partial charge in [-0.1, -0.05) is 22.9 Å². The van der Waals surface area contributed by atoms with Crippen LogP contribution in [0.15, 0.2) is 16.6 Å². The number of nitrogens with one attached hydrogen (secondary N) is 1. The zero-order valence-electron chi connectivity index (χ0n) is 12.5. The van der Waals surface area contributed by atoms with Crippen LogP contribution in [0.25, 0.3) is 0 Å². The Hall–Kier alpha value is -0.780. The molecule has 3 rings (SSSR count). The Morgan fingerprint density at radius 3 is 2.57 bits per heavy atom. The second-order valence-electron chi connectivity index (χ2n) is 5.58. The number of fused-ring (bicyclic) bond motifs is 1. The van der Waals surface area contributed by atoms with Gasteiger partial charge in [0.25, 0.3) is 0 Å². The van der Waals surface area contributed by atoms with Gasteiger partial charge in [0.1, 0.15) is 13.2 Å². The summed E-state index contributed by atoms with van der Waals surface area (Å²) in [6.07, 6.45) is 1.36. The van der Waals surface area contributed by atoms with Crippen LogP contribution in [0.2, 0.25) is 0 Å². The highest BCUT2D eigenvalue weighted by molar-refractivity contribution is 9.10. The van der Waals surface area contributed by atoms with Crippen LogP contribution in [0, 0.1) is 5.92 Å². The molecule has 1 N–H and O–H groups in total. The molecule has 0 aromatic heterocycles. The van der Waals surface area contributed by atoms with Gasteiger partial charge in [0.05, 0.1) is 6.10 Å². The van der Waals surface area contributed by atoms with Crippen LogP contribution in [-0.2, 0) is 4.74 Å². The van der Waals surface area contributed by atoms with E-state index >= 15 is 0 Å². The first kappa shape index (κ1) is 15.1. The standard InChI is InChI=1S/C16H22BrNO3/c1-3-18-16(11-4-5-19-10(11)2)12-8-14-15(9-13(12)17)21-7-6-20-14/h8-11,16,18H,3-7H2,1-2H3. The number of ether oxygens (including phenoxy) is 3. The Morgan fingerprint density at radius 2 is 1.95 bits per heavy atom. The van der Waals surface area contributed by atoms with Crippen molar-refractivity contribution in [2.75, 3.05) is 26.4 Å². The summed E-state index contributed by atoms with van der Waals surface area (Å²) in [4.78, 5) is 0. The Labute approximate surface area is 134 Å². The number of hydrogen-bond donors (Lipinski definition) is 1. The molecule has 4 nitrogen and oxygen atoms in total. The summed E-state index contributed by atoms with van der Waals surface area (Å²) in [7, 11) is 0. The molecule has 0 spiro atoms. The van der Waals surface area contributed by atoms with E-state index in [0.29, 0.717) is 19.1 Å². The topological polar surface area (TPSA) is 39.7 Å². The van der Waals surface area contributed by atoms with E-state index in [9.17, 15) is 0 Å². The van der Waals surface area contributed by atoms with E-state index in [2.05, 4.69) is 41.2 Å². The Bertz CT molecular complexity index is 509. The minimum atomic E-state index is 0.262. The normalized spacial score (nSPS) is 25.9. The first-order valence-electron chi connectivity index (χ1n) is 7.64. The lowest BCUT2D eigenvalue weighted by molar-refractivity contribution is 0.0954. The van der Waals surface area contributed by atoms with Crippen LogP contribution in [0.3, 0.4) is 0 Å². The molecule has 2 heterocycles. The summed E-state index contributed by atoms with van der Waals surface area (Å²) < 4.78 is 18.2.